The molecule has 0 N–H and O–H groups in total. The summed E-state index contributed by atoms with van der Waals surface area (Å²) >= 11 is 3.38. The van der Waals surface area contributed by atoms with Crippen LogP contribution in [0, 0.1) is 5.92 Å². The zero-order valence-electron chi connectivity index (χ0n) is 12.9. The Morgan fingerprint density at radius 2 is 2.22 bits per heavy atom. The van der Waals surface area contributed by atoms with Crippen molar-refractivity contribution < 1.29 is 9.53 Å². The molecule has 0 aliphatic carbocycles. The fourth-order valence-electron chi connectivity index (χ4n) is 3.49. The molecule has 0 radical (unpaired) electrons. The van der Waals surface area contributed by atoms with Crippen molar-refractivity contribution in [3.05, 3.63) is 44.8 Å². The van der Waals surface area contributed by atoms with Gasteiger partial charge in [0.15, 0.2) is 0 Å². The van der Waals surface area contributed by atoms with Crippen LogP contribution in [0.4, 0.5) is 0 Å². The van der Waals surface area contributed by atoms with E-state index in [2.05, 4.69) is 22.4 Å². The van der Waals surface area contributed by atoms with E-state index in [1.54, 1.807) is 22.7 Å². The van der Waals surface area contributed by atoms with Crippen LogP contribution >= 0.6 is 22.7 Å². The zero-order valence-corrected chi connectivity index (χ0v) is 14.5. The maximum atomic E-state index is 12.6. The Hall–Kier alpha value is -1.21. The average molecular weight is 348 g/mol. The molecule has 2 aliphatic rings. The number of thiophene rings is 2. The van der Waals surface area contributed by atoms with E-state index >= 15 is 0 Å². The van der Waals surface area contributed by atoms with E-state index in [1.165, 1.54) is 4.88 Å². The Labute approximate surface area is 144 Å². The van der Waals surface area contributed by atoms with Crippen molar-refractivity contribution in [2.24, 2.45) is 5.92 Å². The maximum absolute atomic E-state index is 12.6. The zero-order chi connectivity index (χ0) is 15.6. The summed E-state index contributed by atoms with van der Waals surface area (Å²) < 4.78 is 6.04. The van der Waals surface area contributed by atoms with Gasteiger partial charge in [-0.3, -0.25) is 9.69 Å². The van der Waals surface area contributed by atoms with Crippen molar-refractivity contribution in [3.8, 4) is 0 Å². The van der Waals surface area contributed by atoms with Crippen molar-refractivity contribution in [1.82, 2.24) is 9.80 Å². The van der Waals surface area contributed by atoms with Gasteiger partial charge in [0.1, 0.15) is 0 Å². The van der Waals surface area contributed by atoms with Crippen LogP contribution in [0.2, 0.25) is 0 Å². The standard InChI is InChI=1S/C17H20N2O2S2/c20-17(13-3-7-22-12-13)19-4-5-21-16-11-18(8-14(16)9-19)10-15-2-1-6-23-15/h1-3,6-7,12,14,16H,4-5,8-11H2/t14-,16-/m0/s1. The molecule has 2 atom stereocenters. The molecular weight excluding hydrogens is 328 g/mol. The fraction of sp³-hybridized carbons (Fsp3) is 0.471. The normalized spacial score (nSPS) is 25.3. The summed E-state index contributed by atoms with van der Waals surface area (Å²) in [5.41, 5.74) is 0.807. The molecule has 23 heavy (non-hydrogen) atoms. The predicted molar refractivity (Wildman–Crippen MR) is 93.0 cm³/mol. The number of amides is 1. The van der Waals surface area contributed by atoms with Gasteiger partial charge in [0.05, 0.1) is 18.3 Å². The number of carbonyl (C=O) groups excluding carboxylic acids is 1. The number of likely N-dealkylation sites (tertiary alicyclic amines) is 1. The molecule has 2 aromatic rings. The van der Waals surface area contributed by atoms with Crippen LogP contribution in [0.3, 0.4) is 0 Å². The van der Waals surface area contributed by atoms with Gasteiger partial charge in [-0.2, -0.15) is 11.3 Å². The Balaban J connectivity index is 1.41. The lowest BCUT2D eigenvalue weighted by molar-refractivity contribution is 0.0502. The molecule has 4 heterocycles. The van der Waals surface area contributed by atoms with E-state index in [-0.39, 0.29) is 12.0 Å². The maximum Gasteiger partial charge on any atom is 0.254 e. The summed E-state index contributed by atoms with van der Waals surface area (Å²) in [7, 11) is 0. The molecule has 0 unspecified atom stereocenters. The minimum absolute atomic E-state index is 0.146. The van der Waals surface area contributed by atoms with Crippen molar-refractivity contribution in [2.45, 2.75) is 12.6 Å². The number of rotatable bonds is 3. The van der Waals surface area contributed by atoms with Gasteiger partial charge >= 0.3 is 0 Å². The highest BCUT2D eigenvalue weighted by Gasteiger charge is 2.37. The predicted octanol–water partition coefficient (Wildman–Crippen LogP) is 2.78. The largest absolute Gasteiger partial charge is 0.375 e. The van der Waals surface area contributed by atoms with Gasteiger partial charge in [-0.1, -0.05) is 6.07 Å². The van der Waals surface area contributed by atoms with E-state index in [0.29, 0.717) is 19.1 Å². The van der Waals surface area contributed by atoms with Crippen LogP contribution in [0.1, 0.15) is 15.2 Å². The van der Waals surface area contributed by atoms with E-state index in [0.717, 1.165) is 31.7 Å². The fourth-order valence-corrected chi connectivity index (χ4v) is 4.86. The summed E-state index contributed by atoms with van der Waals surface area (Å²) in [6.07, 6.45) is 0.259. The molecular formula is C17H20N2O2S2. The first-order valence-electron chi connectivity index (χ1n) is 7.97. The molecule has 0 aromatic carbocycles. The molecule has 0 bridgehead atoms. The van der Waals surface area contributed by atoms with Crippen LogP contribution in [0.5, 0.6) is 0 Å². The lowest BCUT2D eigenvalue weighted by Crippen LogP contribution is -2.37. The summed E-state index contributed by atoms with van der Waals surface area (Å²) in [6, 6.07) is 6.20. The molecule has 122 valence electrons. The van der Waals surface area contributed by atoms with E-state index in [1.807, 2.05) is 21.7 Å². The van der Waals surface area contributed by atoms with Crippen molar-refractivity contribution >= 4 is 28.6 Å². The van der Waals surface area contributed by atoms with Gasteiger partial charge in [-0.05, 0) is 22.9 Å². The third kappa shape index (κ3) is 3.35. The third-order valence-corrected chi connectivity index (χ3v) is 6.16. The Morgan fingerprint density at radius 3 is 3.00 bits per heavy atom. The van der Waals surface area contributed by atoms with Gasteiger partial charge in [0.2, 0.25) is 0 Å². The van der Waals surface area contributed by atoms with E-state index in [4.69, 9.17) is 4.74 Å². The van der Waals surface area contributed by atoms with Gasteiger partial charge in [-0.15, -0.1) is 11.3 Å². The molecule has 0 spiro atoms. The second kappa shape index (κ2) is 6.73. The topological polar surface area (TPSA) is 32.8 Å². The monoisotopic (exact) mass is 348 g/mol. The SMILES string of the molecule is O=C(c1ccsc1)N1CCO[C@H]2CN(Cc3cccs3)C[C@H]2C1. The highest BCUT2D eigenvalue weighted by molar-refractivity contribution is 7.09. The molecule has 2 aliphatic heterocycles. The molecule has 1 amide bonds. The second-order valence-electron chi connectivity index (χ2n) is 6.21. The number of fused-ring (bicyclic) bond motifs is 1. The van der Waals surface area contributed by atoms with E-state index in [9.17, 15) is 4.79 Å². The average Bonchev–Trinajstić information content (AvgIpc) is 3.28. The van der Waals surface area contributed by atoms with Gasteiger partial charge in [0, 0.05) is 48.9 Å². The number of hydrogen-bond donors (Lipinski definition) is 0. The van der Waals surface area contributed by atoms with Crippen molar-refractivity contribution in [2.75, 3.05) is 32.8 Å². The van der Waals surface area contributed by atoms with Gasteiger partial charge in [-0.25, -0.2) is 0 Å². The van der Waals surface area contributed by atoms with Crippen molar-refractivity contribution in [3.63, 3.8) is 0 Å². The van der Waals surface area contributed by atoms with Crippen LogP contribution in [0.25, 0.3) is 0 Å². The van der Waals surface area contributed by atoms with Gasteiger partial charge < -0.3 is 9.64 Å². The van der Waals surface area contributed by atoms with Crippen molar-refractivity contribution in [1.29, 1.82) is 0 Å². The molecule has 4 nitrogen and oxygen atoms in total. The molecule has 2 aromatic heterocycles. The molecule has 6 heteroatoms. The number of nitrogens with zero attached hydrogens (tertiary/aromatic N) is 2. The number of hydrogen-bond acceptors (Lipinski definition) is 5. The second-order valence-corrected chi connectivity index (χ2v) is 8.02. The number of carbonyl (C=O) groups is 1. The smallest absolute Gasteiger partial charge is 0.254 e. The first-order chi connectivity index (χ1) is 11.3. The Morgan fingerprint density at radius 1 is 1.26 bits per heavy atom. The highest BCUT2D eigenvalue weighted by atomic mass is 32.1. The summed E-state index contributed by atoms with van der Waals surface area (Å²) in [6.45, 7) is 5.13. The Kier molecular flexibility index (Phi) is 4.48. The minimum atomic E-state index is 0.146. The quantitative estimate of drug-likeness (QED) is 0.855. The third-order valence-electron chi connectivity index (χ3n) is 4.62. The first kappa shape index (κ1) is 15.3. The van der Waals surface area contributed by atoms with E-state index < -0.39 is 0 Å². The molecule has 4 rings (SSSR count). The van der Waals surface area contributed by atoms with Crippen LogP contribution in [0.15, 0.2) is 34.3 Å². The minimum Gasteiger partial charge on any atom is -0.375 e. The molecule has 0 saturated carbocycles. The summed E-state index contributed by atoms with van der Waals surface area (Å²) in [5.74, 6) is 0.562. The lowest BCUT2D eigenvalue weighted by Gasteiger charge is -2.23. The Bertz CT molecular complexity index is 642. The first-order valence-corrected chi connectivity index (χ1v) is 9.79. The van der Waals surface area contributed by atoms with Crippen LogP contribution in [-0.2, 0) is 11.3 Å². The van der Waals surface area contributed by atoms with Gasteiger partial charge in [0.25, 0.3) is 5.91 Å². The summed E-state index contributed by atoms with van der Waals surface area (Å²) in [5, 5.41) is 6.02. The lowest BCUT2D eigenvalue weighted by atomic mass is 10.1. The highest BCUT2D eigenvalue weighted by Crippen LogP contribution is 2.26. The van der Waals surface area contributed by atoms with Crippen LogP contribution < -0.4 is 0 Å². The molecule has 2 saturated heterocycles. The summed E-state index contributed by atoms with van der Waals surface area (Å²) in [4.78, 5) is 18.4. The molecule has 2 fully saturated rings. The number of ether oxygens (including phenoxy) is 1. The van der Waals surface area contributed by atoms with Crippen LogP contribution in [-0.4, -0.2) is 54.6 Å².